The number of amides is 1. The van der Waals surface area contributed by atoms with Crippen LogP contribution in [0.4, 0.5) is 4.79 Å². The number of nitrogens with zero attached hydrogens (tertiary/aromatic N) is 1. The molecular weight excluding hydrogens is 332 g/mol. The second-order valence-electron chi connectivity index (χ2n) is 6.96. The highest BCUT2D eigenvalue weighted by Gasteiger charge is 2.18. The van der Waals surface area contributed by atoms with Crippen LogP contribution >= 0.6 is 0 Å². The Balaban J connectivity index is 1.96. The first kappa shape index (κ1) is 19.4. The maximum absolute atomic E-state index is 11.7. The zero-order valence-corrected chi connectivity index (χ0v) is 15.5. The first-order chi connectivity index (χ1) is 12.3. The minimum atomic E-state index is -0.545. The van der Waals surface area contributed by atoms with E-state index in [-0.39, 0.29) is 12.6 Å². The van der Waals surface area contributed by atoms with E-state index >= 15 is 0 Å². The monoisotopic (exact) mass is 356 g/mol. The molecule has 2 aromatic rings. The minimum absolute atomic E-state index is 0.242. The Morgan fingerprint density at radius 2 is 1.96 bits per heavy atom. The van der Waals surface area contributed by atoms with Crippen LogP contribution in [0.15, 0.2) is 42.5 Å². The Bertz CT molecular complexity index is 768. The van der Waals surface area contributed by atoms with Gasteiger partial charge in [-0.1, -0.05) is 24.3 Å². The number of carbonyl (C=O) groups excluding carboxylic acids is 2. The molecule has 0 unspecified atom stereocenters. The van der Waals surface area contributed by atoms with E-state index in [1.807, 2.05) is 45.9 Å². The number of ether oxygens (including phenoxy) is 2. The summed E-state index contributed by atoms with van der Waals surface area (Å²) in [5.74, 6) is 0.442. The Kier molecular flexibility index (Phi) is 6.33. The van der Waals surface area contributed by atoms with Crippen LogP contribution in [0.5, 0.6) is 5.88 Å². The van der Waals surface area contributed by atoms with E-state index in [2.05, 4.69) is 10.3 Å². The molecule has 26 heavy (non-hydrogen) atoms. The predicted molar refractivity (Wildman–Crippen MR) is 99.4 cm³/mol. The van der Waals surface area contributed by atoms with E-state index in [9.17, 15) is 9.59 Å². The largest absolute Gasteiger partial charge is 0.475 e. The summed E-state index contributed by atoms with van der Waals surface area (Å²) in [7, 11) is 0. The molecule has 0 aliphatic carbocycles. The summed E-state index contributed by atoms with van der Waals surface area (Å²) in [5.41, 5.74) is 1.58. The molecule has 138 valence electrons. The smallest absolute Gasteiger partial charge is 0.407 e. The number of aromatic nitrogens is 1. The fraction of sp³-hybridized carbons (Fsp3) is 0.350. The number of aldehydes is 1. The van der Waals surface area contributed by atoms with Gasteiger partial charge in [0.25, 0.3) is 0 Å². The van der Waals surface area contributed by atoms with E-state index in [1.54, 1.807) is 24.3 Å². The van der Waals surface area contributed by atoms with Gasteiger partial charge in [-0.15, -0.1) is 0 Å². The van der Waals surface area contributed by atoms with Gasteiger partial charge in [0.2, 0.25) is 5.88 Å². The van der Waals surface area contributed by atoms with Gasteiger partial charge in [0.1, 0.15) is 18.5 Å². The summed E-state index contributed by atoms with van der Waals surface area (Å²) >= 11 is 0. The molecule has 6 nitrogen and oxygen atoms in total. The fourth-order valence-corrected chi connectivity index (χ4v) is 2.19. The molecule has 1 atom stereocenters. The second kappa shape index (κ2) is 8.47. The van der Waals surface area contributed by atoms with Gasteiger partial charge in [-0.25, -0.2) is 9.78 Å². The molecule has 1 aromatic heterocycles. The van der Waals surface area contributed by atoms with E-state index in [4.69, 9.17) is 9.47 Å². The Hall–Kier alpha value is -2.89. The van der Waals surface area contributed by atoms with Crippen molar-refractivity contribution in [2.24, 2.45) is 0 Å². The third kappa shape index (κ3) is 6.20. The van der Waals surface area contributed by atoms with Crippen molar-refractivity contribution >= 4 is 12.4 Å². The summed E-state index contributed by atoms with van der Waals surface area (Å²) < 4.78 is 10.9. The SMILES string of the molecule is C[C@@H](COc1cccc(-c2cccc(C=O)c2)n1)NC(=O)OC(C)(C)C. The molecule has 0 spiro atoms. The van der Waals surface area contributed by atoms with Gasteiger partial charge in [0.05, 0.1) is 11.7 Å². The molecule has 0 saturated carbocycles. The molecule has 6 heteroatoms. The summed E-state index contributed by atoms with van der Waals surface area (Å²) in [5, 5.41) is 2.72. The zero-order valence-electron chi connectivity index (χ0n) is 15.5. The molecule has 0 bridgehead atoms. The molecule has 0 radical (unpaired) electrons. The van der Waals surface area contributed by atoms with Crippen molar-refractivity contribution in [3.05, 3.63) is 48.0 Å². The molecule has 1 aromatic carbocycles. The third-order valence-electron chi connectivity index (χ3n) is 3.29. The number of nitrogens with one attached hydrogen (secondary N) is 1. The highest BCUT2D eigenvalue weighted by Crippen LogP contribution is 2.20. The molecule has 2 rings (SSSR count). The van der Waals surface area contributed by atoms with Gasteiger partial charge in [-0.2, -0.15) is 0 Å². The second-order valence-corrected chi connectivity index (χ2v) is 6.96. The van der Waals surface area contributed by atoms with Gasteiger partial charge in [-0.05, 0) is 39.8 Å². The lowest BCUT2D eigenvalue weighted by Gasteiger charge is -2.22. The van der Waals surface area contributed by atoms with Crippen LogP contribution in [0.2, 0.25) is 0 Å². The number of alkyl carbamates (subject to hydrolysis) is 1. The molecule has 1 amide bonds. The number of hydrogen-bond acceptors (Lipinski definition) is 5. The van der Waals surface area contributed by atoms with Gasteiger partial charge >= 0.3 is 6.09 Å². The van der Waals surface area contributed by atoms with Crippen LogP contribution in [0.1, 0.15) is 38.1 Å². The van der Waals surface area contributed by atoms with Crippen LogP contribution in [-0.4, -0.2) is 35.6 Å². The average Bonchev–Trinajstić information content (AvgIpc) is 2.58. The van der Waals surface area contributed by atoms with E-state index < -0.39 is 11.7 Å². The van der Waals surface area contributed by atoms with Crippen LogP contribution < -0.4 is 10.1 Å². The minimum Gasteiger partial charge on any atom is -0.475 e. The van der Waals surface area contributed by atoms with Crippen molar-refractivity contribution < 1.29 is 19.1 Å². The van der Waals surface area contributed by atoms with Crippen molar-refractivity contribution in [2.75, 3.05) is 6.61 Å². The summed E-state index contributed by atoms with van der Waals surface area (Å²) in [4.78, 5) is 27.1. The normalized spacial score (nSPS) is 12.2. The van der Waals surface area contributed by atoms with Crippen LogP contribution in [0, 0.1) is 0 Å². The maximum Gasteiger partial charge on any atom is 0.407 e. The first-order valence-corrected chi connectivity index (χ1v) is 8.42. The number of rotatable bonds is 6. The predicted octanol–water partition coefficient (Wildman–Crippen LogP) is 3.85. The molecular formula is C20H24N2O4. The maximum atomic E-state index is 11.7. The topological polar surface area (TPSA) is 77.5 Å². The standard InChI is InChI=1S/C20H24N2O4/c1-14(21-19(24)26-20(2,3)4)13-25-18-10-6-9-17(22-18)16-8-5-7-15(11-16)12-23/h5-12,14H,13H2,1-4H3,(H,21,24)/t14-/m0/s1. The Morgan fingerprint density at radius 1 is 1.23 bits per heavy atom. The lowest BCUT2D eigenvalue weighted by atomic mass is 10.1. The molecule has 0 aliphatic rings. The van der Waals surface area contributed by atoms with Crippen molar-refractivity contribution in [3.63, 3.8) is 0 Å². The van der Waals surface area contributed by atoms with Crippen molar-refractivity contribution in [3.8, 4) is 17.1 Å². The van der Waals surface area contributed by atoms with Gasteiger partial charge < -0.3 is 14.8 Å². The highest BCUT2D eigenvalue weighted by molar-refractivity contribution is 5.78. The van der Waals surface area contributed by atoms with E-state index in [0.29, 0.717) is 17.1 Å². The molecule has 0 aliphatic heterocycles. The molecule has 0 saturated heterocycles. The lowest BCUT2D eigenvalue weighted by molar-refractivity contribution is 0.0493. The van der Waals surface area contributed by atoms with Crippen molar-refractivity contribution in [1.82, 2.24) is 10.3 Å². The van der Waals surface area contributed by atoms with Crippen LogP contribution in [-0.2, 0) is 4.74 Å². The van der Waals surface area contributed by atoms with Gasteiger partial charge in [0.15, 0.2) is 0 Å². The first-order valence-electron chi connectivity index (χ1n) is 8.42. The Labute approximate surface area is 153 Å². The quantitative estimate of drug-likeness (QED) is 0.796. The molecule has 1 heterocycles. The lowest BCUT2D eigenvalue weighted by Crippen LogP contribution is -2.40. The van der Waals surface area contributed by atoms with E-state index in [0.717, 1.165) is 11.8 Å². The summed E-state index contributed by atoms with van der Waals surface area (Å²) in [6.07, 6.45) is 0.314. The van der Waals surface area contributed by atoms with E-state index in [1.165, 1.54) is 0 Å². The third-order valence-corrected chi connectivity index (χ3v) is 3.29. The highest BCUT2D eigenvalue weighted by atomic mass is 16.6. The van der Waals surface area contributed by atoms with Gasteiger partial charge in [0, 0.05) is 17.2 Å². The average molecular weight is 356 g/mol. The van der Waals surface area contributed by atoms with Crippen LogP contribution in [0.3, 0.4) is 0 Å². The summed E-state index contributed by atoms with van der Waals surface area (Å²) in [6.45, 7) is 7.50. The van der Waals surface area contributed by atoms with Crippen molar-refractivity contribution in [2.45, 2.75) is 39.3 Å². The number of pyridine rings is 1. The van der Waals surface area contributed by atoms with Crippen LogP contribution in [0.25, 0.3) is 11.3 Å². The zero-order chi connectivity index (χ0) is 19.2. The number of hydrogen-bond donors (Lipinski definition) is 1. The molecule has 0 fully saturated rings. The number of carbonyl (C=O) groups is 2. The Morgan fingerprint density at radius 3 is 2.65 bits per heavy atom. The molecule has 1 N–H and O–H groups in total. The summed E-state index contributed by atoms with van der Waals surface area (Å²) in [6, 6.07) is 12.4. The van der Waals surface area contributed by atoms with Gasteiger partial charge in [-0.3, -0.25) is 4.79 Å². The van der Waals surface area contributed by atoms with Crippen molar-refractivity contribution in [1.29, 1.82) is 0 Å². The number of benzene rings is 1. The fourth-order valence-electron chi connectivity index (χ4n) is 2.19.